The first-order chi connectivity index (χ1) is 10.0. The van der Waals surface area contributed by atoms with Crippen LogP contribution in [0, 0.1) is 11.6 Å². The number of hydrogen-bond donors (Lipinski definition) is 1. The lowest BCUT2D eigenvalue weighted by Gasteiger charge is -2.02. The van der Waals surface area contributed by atoms with E-state index in [9.17, 15) is 18.7 Å². The standard InChI is InChI=1S/C16H12F2O3/c1-21-11-5-2-10(3-6-11)4-7-15(19)12-8-13(17)14(18)9-16(12)20/h2-9,20H,1H3/b7-4+. The van der Waals surface area contributed by atoms with Crippen LogP contribution in [0.1, 0.15) is 15.9 Å². The number of hydrogen-bond acceptors (Lipinski definition) is 3. The zero-order valence-corrected chi connectivity index (χ0v) is 11.1. The van der Waals surface area contributed by atoms with Crippen LogP contribution in [-0.4, -0.2) is 18.0 Å². The Bertz CT molecular complexity index is 691. The summed E-state index contributed by atoms with van der Waals surface area (Å²) in [5.41, 5.74) is 0.435. The van der Waals surface area contributed by atoms with Gasteiger partial charge in [-0.25, -0.2) is 8.78 Å². The molecule has 21 heavy (non-hydrogen) atoms. The Morgan fingerprint density at radius 3 is 2.38 bits per heavy atom. The molecule has 1 N–H and O–H groups in total. The van der Waals surface area contributed by atoms with Crippen LogP contribution in [0.4, 0.5) is 8.78 Å². The summed E-state index contributed by atoms with van der Waals surface area (Å²) in [7, 11) is 1.54. The molecule has 0 aliphatic carbocycles. The third-order valence-corrected chi connectivity index (χ3v) is 2.85. The molecule has 0 aliphatic rings. The number of aromatic hydroxyl groups is 1. The summed E-state index contributed by atoms with van der Waals surface area (Å²) in [6.07, 6.45) is 2.68. The number of rotatable bonds is 4. The average molecular weight is 290 g/mol. The minimum Gasteiger partial charge on any atom is -0.507 e. The van der Waals surface area contributed by atoms with Crippen molar-refractivity contribution in [1.82, 2.24) is 0 Å². The van der Waals surface area contributed by atoms with Crippen molar-refractivity contribution in [2.45, 2.75) is 0 Å². The van der Waals surface area contributed by atoms with E-state index in [0.29, 0.717) is 17.9 Å². The topological polar surface area (TPSA) is 46.5 Å². The molecule has 0 aromatic heterocycles. The fourth-order valence-electron chi connectivity index (χ4n) is 1.71. The van der Waals surface area contributed by atoms with Crippen LogP contribution in [0.25, 0.3) is 6.08 Å². The van der Waals surface area contributed by atoms with Gasteiger partial charge in [0.05, 0.1) is 12.7 Å². The molecule has 0 atom stereocenters. The minimum absolute atomic E-state index is 0.293. The zero-order chi connectivity index (χ0) is 15.4. The number of phenolic OH excluding ortho intramolecular Hbond substituents is 1. The fourth-order valence-corrected chi connectivity index (χ4v) is 1.71. The van der Waals surface area contributed by atoms with Gasteiger partial charge in [0, 0.05) is 6.07 Å². The van der Waals surface area contributed by atoms with Gasteiger partial charge in [0.1, 0.15) is 11.5 Å². The van der Waals surface area contributed by atoms with Crippen molar-refractivity contribution in [3.05, 3.63) is 65.2 Å². The molecule has 108 valence electrons. The molecule has 0 aliphatic heterocycles. The molecule has 0 heterocycles. The molecule has 0 unspecified atom stereocenters. The molecule has 3 nitrogen and oxygen atoms in total. The highest BCUT2D eigenvalue weighted by atomic mass is 19.2. The molecular formula is C16H12F2O3. The van der Waals surface area contributed by atoms with E-state index >= 15 is 0 Å². The van der Waals surface area contributed by atoms with Gasteiger partial charge in [-0.15, -0.1) is 0 Å². The summed E-state index contributed by atoms with van der Waals surface area (Å²) < 4.78 is 31.0. The van der Waals surface area contributed by atoms with Crippen molar-refractivity contribution in [3.63, 3.8) is 0 Å². The van der Waals surface area contributed by atoms with Gasteiger partial charge < -0.3 is 9.84 Å². The van der Waals surface area contributed by atoms with E-state index in [0.717, 1.165) is 5.56 Å². The Kier molecular flexibility index (Phi) is 4.33. The number of benzene rings is 2. The Labute approximate surface area is 120 Å². The molecule has 0 fully saturated rings. The van der Waals surface area contributed by atoms with Gasteiger partial charge in [-0.1, -0.05) is 18.2 Å². The predicted molar refractivity (Wildman–Crippen MR) is 74.4 cm³/mol. The largest absolute Gasteiger partial charge is 0.507 e. The van der Waals surface area contributed by atoms with Crippen LogP contribution in [0.5, 0.6) is 11.5 Å². The van der Waals surface area contributed by atoms with Gasteiger partial charge >= 0.3 is 0 Å². The first-order valence-corrected chi connectivity index (χ1v) is 6.05. The highest BCUT2D eigenvalue weighted by molar-refractivity contribution is 6.08. The minimum atomic E-state index is -1.21. The fraction of sp³-hybridized carbons (Fsp3) is 0.0625. The highest BCUT2D eigenvalue weighted by Gasteiger charge is 2.13. The SMILES string of the molecule is COc1ccc(/C=C/C(=O)c2cc(F)c(F)cc2O)cc1. The summed E-state index contributed by atoms with van der Waals surface area (Å²) in [5, 5.41) is 9.47. The Morgan fingerprint density at radius 2 is 1.76 bits per heavy atom. The van der Waals surface area contributed by atoms with Crippen molar-refractivity contribution in [3.8, 4) is 11.5 Å². The van der Waals surface area contributed by atoms with Crippen LogP contribution < -0.4 is 4.74 Å². The van der Waals surface area contributed by atoms with E-state index in [2.05, 4.69) is 0 Å². The molecule has 0 radical (unpaired) electrons. The van der Waals surface area contributed by atoms with Gasteiger partial charge in [0.15, 0.2) is 17.4 Å². The van der Waals surface area contributed by atoms with E-state index in [4.69, 9.17) is 4.74 Å². The summed E-state index contributed by atoms with van der Waals surface area (Å²) in [6, 6.07) is 8.15. The summed E-state index contributed by atoms with van der Waals surface area (Å²) in [6.45, 7) is 0. The molecule has 2 aromatic rings. The Balaban J connectivity index is 2.20. The summed E-state index contributed by atoms with van der Waals surface area (Å²) in [5.74, 6) is -2.94. The Morgan fingerprint density at radius 1 is 1.14 bits per heavy atom. The first-order valence-electron chi connectivity index (χ1n) is 6.05. The van der Waals surface area contributed by atoms with Gasteiger partial charge in [-0.05, 0) is 29.8 Å². The second kappa shape index (κ2) is 6.17. The van der Waals surface area contributed by atoms with Gasteiger partial charge in [-0.2, -0.15) is 0 Å². The molecule has 2 aromatic carbocycles. The lowest BCUT2D eigenvalue weighted by atomic mass is 10.1. The van der Waals surface area contributed by atoms with E-state index in [1.54, 1.807) is 31.4 Å². The molecule has 2 rings (SSSR count). The third-order valence-electron chi connectivity index (χ3n) is 2.85. The van der Waals surface area contributed by atoms with Gasteiger partial charge in [0.2, 0.25) is 0 Å². The number of allylic oxidation sites excluding steroid dienone is 1. The number of halogens is 2. The van der Waals surface area contributed by atoms with Crippen molar-refractivity contribution < 1.29 is 23.4 Å². The summed E-state index contributed by atoms with van der Waals surface area (Å²) >= 11 is 0. The lowest BCUT2D eigenvalue weighted by molar-refractivity contribution is 0.104. The molecule has 0 amide bonds. The van der Waals surface area contributed by atoms with Gasteiger partial charge in [-0.3, -0.25) is 4.79 Å². The van der Waals surface area contributed by atoms with Crippen LogP contribution >= 0.6 is 0 Å². The third kappa shape index (κ3) is 3.45. The van der Waals surface area contributed by atoms with Crippen LogP contribution in [0.15, 0.2) is 42.5 Å². The quantitative estimate of drug-likeness (QED) is 0.691. The molecule has 0 saturated carbocycles. The number of carbonyl (C=O) groups is 1. The van der Waals surface area contributed by atoms with Crippen LogP contribution in [0.3, 0.4) is 0 Å². The first kappa shape index (κ1) is 14.7. The maximum Gasteiger partial charge on any atom is 0.189 e. The van der Waals surface area contributed by atoms with E-state index < -0.39 is 23.2 Å². The average Bonchev–Trinajstić information content (AvgIpc) is 2.49. The van der Waals surface area contributed by atoms with Crippen molar-refractivity contribution in [2.24, 2.45) is 0 Å². The number of ketones is 1. The monoisotopic (exact) mass is 290 g/mol. The number of carbonyl (C=O) groups excluding carboxylic acids is 1. The Hall–Kier alpha value is -2.69. The van der Waals surface area contributed by atoms with Crippen molar-refractivity contribution in [2.75, 3.05) is 7.11 Å². The summed E-state index contributed by atoms with van der Waals surface area (Å²) in [4.78, 5) is 11.9. The normalized spacial score (nSPS) is 10.8. The zero-order valence-electron chi connectivity index (χ0n) is 11.1. The van der Waals surface area contributed by atoms with Gasteiger partial charge in [0.25, 0.3) is 0 Å². The molecular weight excluding hydrogens is 278 g/mol. The number of phenols is 1. The smallest absolute Gasteiger partial charge is 0.189 e. The second-order valence-electron chi connectivity index (χ2n) is 4.25. The molecule has 0 spiro atoms. The molecule has 5 heteroatoms. The number of methoxy groups -OCH3 is 1. The lowest BCUT2D eigenvalue weighted by Crippen LogP contribution is -1.98. The predicted octanol–water partition coefficient (Wildman–Crippen LogP) is 3.58. The number of ether oxygens (including phenoxy) is 1. The molecule has 0 bridgehead atoms. The van der Waals surface area contributed by atoms with Crippen LogP contribution in [-0.2, 0) is 0 Å². The van der Waals surface area contributed by atoms with E-state index in [1.165, 1.54) is 12.2 Å². The maximum atomic E-state index is 13.1. The highest BCUT2D eigenvalue weighted by Crippen LogP contribution is 2.22. The van der Waals surface area contributed by atoms with Crippen LogP contribution in [0.2, 0.25) is 0 Å². The van der Waals surface area contributed by atoms with E-state index in [-0.39, 0.29) is 5.56 Å². The van der Waals surface area contributed by atoms with Crippen molar-refractivity contribution in [1.29, 1.82) is 0 Å². The molecule has 0 saturated heterocycles. The second-order valence-corrected chi connectivity index (χ2v) is 4.25. The van der Waals surface area contributed by atoms with Crippen molar-refractivity contribution >= 4 is 11.9 Å². The maximum absolute atomic E-state index is 13.1. The van der Waals surface area contributed by atoms with E-state index in [1.807, 2.05) is 0 Å².